The Kier molecular flexibility index (Phi) is 9.12. The Morgan fingerprint density at radius 2 is 1.95 bits per heavy atom. The number of piperidine rings is 1. The van der Waals surface area contributed by atoms with Gasteiger partial charge in [-0.2, -0.15) is 0 Å². The summed E-state index contributed by atoms with van der Waals surface area (Å²) in [5.41, 5.74) is 0.341. The maximum Gasteiger partial charge on any atom is 0.232 e. The van der Waals surface area contributed by atoms with Crippen LogP contribution in [0.1, 0.15) is 61.4 Å². The third-order valence-corrected chi connectivity index (χ3v) is 8.74. The standard InChI is InChI=1S/C30H33F2N5O4S/c1-2-14-42(39,40)37-25-10-9-24(31)27(28(25)32)29(38)23-18-36-30-22(23)15-20(17-35-30)19-8-11-26(34-16-19)41-13-5-7-21-6-3-4-12-33-21/h8-11,15-18,21,33,37H,2-7,12-14H2,1H3,(H,35,36). The smallest absolute Gasteiger partial charge is 0.232 e. The predicted octanol–water partition coefficient (Wildman–Crippen LogP) is 5.59. The molecule has 0 spiro atoms. The first kappa shape index (κ1) is 29.6. The molecule has 222 valence electrons. The van der Waals surface area contributed by atoms with Gasteiger partial charge < -0.3 is 15.0 Å². The molecular formula is C30H33F2N5O4S. The third-order valence-electron chi connectivity index (χ3n) is 7.26. The van der Waals surface area contributed by atoms with Gasteiger partial charge in [-0.1, -0.05) is 13.3 Å². The van der Waals surface area contributed by atoms with Crippen molar-refractivity contribution in [1.82, 2.24) is 20.3 Å². The van der Waals surface area contributed by atoms with Crippen LogP contribution in [0.4, 0.5) is 14.5 Å². The molecule has 0 saturated carbocycles. The zero-order chi connectivity index (χ0) is 29.7. The van der Waals surface area contributed by atoms with Crippen LogP contribution in [0.25, 0.3) is 22.2 Å². The zero-order valence-corrected chi connectivity index (χ0v) is 24.1. The Hall–Kier alpha value is -3.90. The normalized spacial score (nSPS) is 15.5. The molecule has 0 radical (unpaired) electrons. The maximum atomic E-state index is 15.3. The van der Waals surface area contributed by atoms with E-state index in [-0.39, 0.29) is 11.3 Å². The van der Waals surface area contributed by atoms with E-state index in [2.05, 4.69) is 25.0 Å². The number of nitrogens with one attached hydrogen (secondary N) is 3. The molecule has 42 heavy (non-hydrogen) atoms. The third kappa shape index (κ3) is 6.76. The summed E-state index contributed by atoms with van der Waals surface area (Å²) in [6, 6.07) is 7.65. The van der Waals surface area contributed by atoms with Crippen LogP contribution in [0, 0.1) is 11.6 Å². The van der Waals surface area contributed by atoms with Gasteiger partial charge in [0, 0.05) is 52.8 Å². The van der Waals surface area contributed by atoms with E-state index in [9.17, 15) is 17.6 Å². The van der Waals surface area contributed by atoms with Crippen molar-refractivity contribution in [2.45, 2.75) is 51.5 Å². The molecule has 4 aromatic rings. The fourth-order valence-electron chi connectivity index (χ4n) is 5.12. The van der Waals surface area contributed by atoms with Gasteiger partial charge >= 0.3 is 0 Å². The summed E-state index contributed by atoms with van der Waals surface area (Å²) in [5, 5.41) is 3.88. The number of ketones is 1. The predicted molar refractivity (Wildman–Crippen MR) is 157 cm³/mol. The van der Waals surface area contributed by atoms with E-state index in [1.165, 1.54) is 25.5 Å². The highest BCUT2D eigenvalue weighted by Crippen LogP contribution is 2.30. The van der Waals surface area contributed by atoms with E-state index in [0.717, 1.165) is 31.5 Å². The van der Waals surface area contributed by atoms with E-state index >= 15 is 4.39 Å². The Balaban J connectivity index is 1.32. The molecule has 1 fully saturated rings. The van der Waals surface area contributed by atoms with Crippen LogP contribution in [0.5, 0.6) is 5.88 Å². The topological polar surface area (TPSA) is 126 Å². The molecule has 1 unspecified atom stereocenters. The Morgan fingerprint density at radius 3 is 2.69 bits per heavy atom. The van der Waals surface area contributed by atoms with Gasteiger partial charge in [-0.15, -0.1) is 0 Å². The molecule has 9 nitrogen and oxygen atoms in total. The zero-order valence-electron chi connectivity index (χ0n) is 23.3. The summed E-state index contributed by atoms with van der Waals surface area (Å²) >= 11 is 0. The van der Waals surface area contributed by atoms with Crippen molar-refractivity contribution < 1.29 is 26.7 Å². The van der Waals surface area contributed by atoms with Crippen LogP contribution >= 0.6 is 0 Å². The SMILES string of the molecule is CCCS(=O)(=O)Nc1ccc(F)c(C(=O)c2c[nH]c3ncc(-c4ccc(OCCCC5CCCCN5)nc4)cc23)c1F. The number of nitrogens with zero attached hydrogens (tertiary/aromatic N) is 2. The molecule has 1 saturated heterocycles. The number of hydrogen-bond acceptors (Lipinski definition) is 7. The van der Waals surface area contributed by atoms with Crippen molar-refractivity contribution in [3.63, 3.8) is 0 Å². The van der Waals surface area contributed by atoms with Crippen molar-refractivity contribution in [2.75, 3.05) is 23.6 Å². The van der Waals surface area contributed by atoms with Crippen LogP contribution in [0.15, 0.2) is 48.9 Å². The van der Waals surface area contributed by atoms with E-state index in [4.69, 9.17) is 4.74 Å². The van der Waals surface area contributed by atoms with Gasteiger partial charge in [-0.3, -0.25) is 9.52 Å². The van der Waals surface area contributed by atoms with Crippen molar-refractivity contribution in [2.24, 2.45) is 0 Å². The summed E-state index contributed by atoms with van der Waals surface area (Å²) in [6.07, 6.45) is 10.6. The first-order valence-electron chi connectivity index (χ1n) is 14.1. The van der Waals surface area contributed by atoms with Crippen molar-refractivity contribution in [3.05, 3.63) is 71.7 Å². The maximum absolute atomic E-state index is 15.3. The first-order valence-corrected chi connectivity index (χ1v) is 15.7. The number of anilines is 1. The van der Waals surface area contributed by atoms with Crippen LogP contribution in [-0.2, 0) is 10.0 Å². The van der Waals surface area contributed by atoms with E-state index in [1.54, 1.807) is 31.5 Å². The number of halogens is 2. The molecule has 12 heteroatoms. The van der Waals surface area contributed by atoms with Gasteiger partial charge in [0.15, 0.2) is 5.82 Å². The minimum atomic E-state index is -3.86. The number of aromatic amines is 1. The van der Waals surface area contributed by atoms with E-state index < -0.39 is 38.7 Å². The molecular weight excluding hydrogens is 564 g/mol. The fraction of sp³-hybridized carbons (Fsp3) is 0.367. The fourth-order valence-corrected chi connectivity index (χ4v) is 6.26. The highest BCUT2D eigenvalue weighted by Gasteiger charge is 2.26. The molecule has 4 heterocycles. The number of aromatic nitrogens is 3. The Bertz CT molecular complexity index is 1670. The highest BCUT2D eigenvalue weighted by molar-refractivity contribution is 7.92. The minimum Gasteiger partial charge on any atom is -0.478 e. The first-order chi connectivity index (χ1) is 20.3. The lowest BCUT2D eigenvalue weighted by Crippen LogP contribution is -2.34. The monoisotopic (exact) mass is 597 g/mol. The molecule has 3 N–H and O–H groups in total. The Morgan fingerprint density at radius 1 is 1.12 bits per heavy atom. The minimum absolute atomic E-state index is 0.00826. The van der Waals surface area contributed by atoms with Gasteiger partial charge in [0.25, 0.3) is 0 Å². The molecule has 0 aliphatic carbocycles. The molecule has 0 amide bonds. The van der Waals surface area contributed by atoms with Crippen LogP contribution in [-0.4, -0.2) is 54.1 Å². The van der Waals surface area contributed by atoms with E-state index in [1.807, 2.05) is 6.07 Å². The molecule has 3 aromatic heterocycles. The molecule has 1 aliphatic rings. The summed E-state index contributed by atoms with van der Waals surface area (Å²) in [4.78, 5) is 25.0. The van der Waals surface area contributed by atoms with Crippen molar-refractivity contribution >= 4 is 32.5 Å². The quantitative estimate of drug-likeness (QED) is 0.144. The average molecular weight is 598 g/mol. The number of carbonyl (C=O) groups is 1. The number of ether oxygens (including phenoxy) is 1. The van der Waals surface area contributed by atoms with Gasteiger partial charge in [0.2, 0.25) is 21.7 Å². The average Bonchev–Trinajstić information content (AvgIpc) is 3.41. The summed E-state index contributed by atoms with van der Waals surface area (Å²) in [6.45, 7) is 3.31. The number of rotatable bonds is 12. The molecule has 1 aliphatic heterocycles. The second-order valence-electron chi connectivity index (χ2n) is 10.4. The molecule has 1 atom stereocenters. The summed E-state index contributed by atoms with van der Waals surface area (Å²) in [7, 11) is -3.86. The number of hydrogen-bond donors (Lipinski definition) is 3. The number of sulfonamides is 1. The number of pyridine rings is 2. The molecule has 5 rings (SSSR count). The van der Waals surface area contributed by atoms with Crippen LogP contribution < -0.4 is 14.8 Å². The number of H-pyrrole nitrogens is 1. The lowest BCUT2D eigenvalue weighted by atomic mass is 10.00. The number of benzene rings is 1. The van der Waals surface area contributed by atoms with Gasteiger partial charge in [-0.25, -0.2) is 27.2 Å². The lowest BCUT2D eigenvalue weighted by molar-refractivity contribution is 0.103. The van der Waals surface area contributed by atoms with E-state index in [0.29, 0.717) is 47.1 Å². The highest BCUT2D eigenvalue weighted by atomic mass is 32.2. The van der Waals surface area contributed by atoms with Gasteiger partial charge in [0.1, 0.15) is 11.5 Å². The van der Waals surface area contributed by atoms with Crippen molar-refractivity contribution in [3.8, 4) is 17.0 Å². The largest absolute Gasteiger partial charge is 0.478 e. The summed E-state index contributed by atoms with van der Waals surface area (Å²) in [5.74, 6) is -3.08. The lowest BCUT2D eigenvalue weighted by Gasteiger charge is -2.23. The van der Waals surface area contributed by atoms with Gasteiger partial charge in [0.05, 0.1) is 23.6 Å². The van der Waals surface area contributed by atoms with Gasteiger partial charge in [-0.05, 0) is 62.9 Å². The van der Waals surface area contributed by atoms with Crippen molar-refractivity contribution in [1.29, 1.82) is 0 Å². The number of carbonyl (C=O) groups excluding carboxylic acids is 1. The van der Waals surface area contributed by atoms with Crippen LogP contribution in [0.3, 0.4) is 0 Å². The second kappa shape index (κ2) is 13.0. The Labute approximate surface area is 243 Å². The number of fused-ring (bicyclic) bond motifs is 1. The second-order valence-corrected chi connectivity index (χ2v) is 12.2. The molecule has 1 aromatic carbocycles. The molecule has 0 bridgehead atoms. The summed E-state index contributed by atoms with van der Waals surface area (Å²) < 4.78 is 62.3. The van der Waals surface area contributed by atoms with Crippen LogP contribution in [0.2, 0.25) is 0 Å².